The summed E-state index contributed by atoms with van der Waals surface area (Å²) in [7, 11) is 1.77. The van der Waals surface area contributed by atoms with Crippen molar-refractivity contribution in [1.82, 2.24) is 0 Å². The first-order chi connectivity index (χ1) is 23.9. The van der Waals surface area contributed by atoms with Gasteiger partial charge in [-0.05, 0) is 83.5 Å². The minimum Gasteiger partial charge on any atom is -0.481 e. The number of hydrogen-bond donors (Lipinski definition) is 3. The molecule has 294 valence electrons. The molecule has 6 fully saturated rings. The van der Waals surface area contributed by atoms with Gasteiger partial charge < -0.3 is 48.5 Å². The first-order valence-corrected chi connectivity index (χ1v) is 20.0. The van der Waals surface area contributed by atoms with Crippen molar-refractivity contribution >= 4 is 5.97 Å². The number of methoxy groups -OCH3 is 1. The van der Waals surface area contributed by atoms with E-state index >= 15 is 0 Å². The van der Waals surface area contributed by atoms with Crippen molar-refractivity contribution in [3.63, 3.8) is 0 Å². The summed E-state index contributed by atoms with van der Waals surface area (Å²) in [5.74, 6) is -3.26. The molecule has 0 unspecified atom stereocenters. The Bertz CT molecular complexity index is 1230. The fourth-order valence-electron chi connectivity index (χ4n) is 11.3. The lowest BCUT2D eigenvalue weighted by molar-refractivity contribution is -0.353. The molecule has 6 rings (SSSR count). The molecule has 0 bridgehead atoms. The van der Waals surface area contributed by atoms with Crippen molar-refractivity contribution in [3.05, 3.63) is 0 Å². The summed E-state index contributed by atoms with van der Waals surface area (Å²) in [6, 6.07) is 0. The molecule has 19 atom stereocenters. The molecule has 0 radical (unpaired) electrons. The molecule has 11 heteroatoms. The Morgan fingerprint density at radius 3 is 2.25 bits per heavy atom. The number of hydrogen-bond acceptors (Lipinski definition) is 10. The molecule has 0 saturated carbocycles. The molecule has 51 heavy (non-hydrogen) atoms. The van der Waals surface area contributed by atoms with Gasteiger partial charge in [-0.25, -0.2) is 0 Å². The van der Waals surface area contributed by atoms with Crippen LogP contribution in [0.3, 0.4) is 0 Å². The van der Waals surface area contributed by atoms with E-state index in [0.717, 1.165) is 51.4 Å². The number of rotatable bonds is 9. The van der Waals surface area contributed by atoms with Gasteiger partial charge in [0.25, 0.3) is 0 Å². The number of aliphatic hydroxyl groups excluding tert-OH is 1. The minimum atomic E-state index is -1.55. The maximum Gasteiger partial charge on any atom is 0.308 e. The van der Waals surface area contributed by atoms with E-state index in [0.29, 0.717) is 6.42 Å². The topological polar surface area (TPSA) is 142 Å². The van der Waals surface area contributed by atoms with E-state index in [9.17, 15) is 20.1 Å². The third-order valence-corrected chi connectivity index (χ3v) is 14.4. The van der Waals surface area contributed by atoms with Gasteiger partial charge in [-0.1, -0.05) is 41.5 Å². The molecule has 0 aromatic rings. The van der Waals surface area contributed by atoms with Gasteiger partial charge in [0.05, 0.1) is 72.6 Å². The summed E-state index contributed by atoms with van der Waals surface area (Å²) < 4.78 is 47.0. The second-order valence-corrected chi connectivity index (χ2v) is 18.4. The highest BCUT2D eigenvalue weighted by atomic mass is 16.7. The highest BCUT2D eigenvalue weighted by Crippen LogP contribution is 2.57. The second-order valence-electron chi connectivity index (χ2n) is 18.4. The van der Waals surface area contributed by atoms with E-state index in [1.165, 1.54) is 0 Å². The number of aliphatic carboxylic acids is 1. The maximum absolute atomic E-state index is 11.8. The molecule has 6 heterocycles. The van der Waals surface area contributed by atoms with E-state index in [-0.39, 0.29) is 84.3 Å². The predicted octanol–water partition coefficient (Wildman–Crippen LogP) is 5.71. The normalized spacial score (nSPS) is 54.2. The van der Waals surface area contributed by atoms with E-state index in [1.807, 2.05) is 6.92 Å². The van der Waals surface area contributed by atoms with Crippen LogP contribution in [-0.2, 0) is 38.0 Å². The Hall–Kier alpha value is -0.890. The van der Waals surface area contributed by atoms with Gasteiger partial charge in [0, 0.05) is 37.7 Å². The molecule has 11 nitrogen and oxygen atoms in total. The van der Waals surface area contributed by atoms with Crippen LogP contribution in [-0.4, -0.2) is 107 Å². The average Bonchev–Trinajstić information content (AvgIpc) is 3.75. The average molecular weight is 725 g/mol. The molecular weight excluding hydrogens is 656 g/mol. The Balaban J connectivity index is 1.13. The smallest absolute Gasteiger partial charge is 0.308 e. The number of carbonyl (C=O) groups is 1. The fraction of sp³-hybridized carbons (Fsp3) is 0.975. The number of carboxylic acids is 1. The van der Waals surface area contributed by atoms with Crippen LogP contribution in [0.4, 0.5) is 0 Å². The van der Waals surface area contributed by atoms with E-state index < -0.39 is 41.3 Å². The molecule has 0 aliphatic carbocycles. The van der Waals surface area contributed by atoms with Gasteiger partial charge >= 0.3 is 5.97 Å². The van der Waals surface area contributed by atoms with E-state index in [1.54, 1.807) is 14.0 Å². The largest absolute Gasteiger partial charge is 0.481 e. The molecule has 6 aliphatic heterocycles. The van der Waals surface area contributed by atoms with E-state index in [4.69, 9.17) is 33.2 Å². The monoisotopic (exact) mass is 724 g/mol. The Morgan fingerprint density at radius 2 is 1.59 bits per heavy atom. The zero-order chi connectivity index (χ0) is 37.3. The third kappa shape index (κ3) is 7.19. The van der Waals surface area contributed by atoms with Crippen molar-refractivity contribution in [2.75, 3.05) is 13.7 Å². The van der Waals surface area contributed by atoms with Crippen LogP contribution in [0, 0.1) is 41.4 Å². The van der Waals surface area contributed by atoms with Gasteiger partial charge in [0.15, 0.2) is 11.6 Å². The fourth-order valence-corrected chi connectivity index (χ4v) is 11.3. The molecule has 0 amide bonds. The molecule has 6 aliphatic rings. The number of carboxylic acid groups (broad SMARTS) is 1. The highest BCUT2D eigenvalue weighted by molar-refractivity contribution is 5.70. The molecule has 0 aromatic carbocycles. The van der Waals surface area contributed by atoms with E-state index in [2.05, 4.69) is 48.5 Å². The van der Waals surface area contributed by atoms with Crippen molar-refractivity contribution in [2.45, 2.75) is 192 Å². The Labute approximate surface area is 305 Å². The highest BCUT2D eigenvalue weighted by Gasteiger charge is 2.65. The minimum absolute atomic E-state index is 0.00727. The quantitative estimate of drug-likeness (QED) is 0.269. The lowest BCUT2D eigenvalue weighted by Crippen LogP contribution is -2.58. The SMILES string of the molecule is CO[C@@H]1C[C@@H](C[C@@H]2CC[C@@H](C)[C@@H]([C@H](C)C(=O)O)O2)O[C@]2(O[C@](C)([C@@H]3CC[C@@](C)([C@H]4O[C@H]([C@H]5O[C@@](O)(CO)[C@H](C)C[C@@H]5C)C[C@H]4C)O3)C[C@H]2C)[C@@H]1C. The lowest BCUT2D eigenvalue weighted by Gasteiger charge is -2.50. The molecule has 3 N–H and O–H groups in total. The zero-order valence-corrected chi connectivity index (χ0v) is 32.8. The predicted molar refractivity (Wildman–Crippen MR) is 189 cm³/mol. The zero-order valence-electron chi connectivity index (χ0n) is 32.8. The van der Waals surface area contributed by atoms with Crippen LogP contribution in [0.5, 0.6) is 0 Å². The van der Waals surface area contributed by atoms with Crippen LogP contribution in [0.1, 0.15) is 120 Å². The standard InChI is InChI=1S/C40H68O11/c1-21-11-12-28(46-33(21)26(6)36(42)43)17-29-18-30(45-10)27(7)40(48-29)25(5)19-38(9,51-40)32-13-14-37(8,49-32)35-23(3)16-31(47-35)34-22(2)15-24(4)39(44,20-41)50-34/h21-35,41,44H,11-20H2,1-10H3,(H,42,43)/t21-,22+,23-,24-,25-,26+,27-,28+,29-,30-,31+,32+,33+,34+,35+,37+,38+,39+,40-/m1/s1. The summed E-state index contributed by atoms with van der Waals surface area (Å²) in [6.45, 7) is 18.4. The van der Waals surface area contributed by atoms with Gasteiger partial charge in [0.1, 0.15) is 0 Å². The summed E-state index contributed by atoms with van der Waals surface area (Å²) in [6.07, 6.45) is 5.85. The van der Waals surface area contributed by atoms with Crippen LogP contribution >= 0.6 is 0 Å². The first kappa shape index (κ1) is 39.8. The number of ether oxygens (including phenoxy) is 7. The van der Waals surface area contributed by atoms with Crippen molar-refractivity contribution in [1.29, 1.82) is 0 Å². The Kier molecular flexibility index (Phi) is 11.4. The van der Waals surface area contributed by atoms with Crippen LogP contribution in [0.15, 0.2) is 0 Å². The third-order valence-electron chi connectivity index (χ3n) is 14.4. The lowest BCUT2D eigenvalue weighted by atomic mass is 9.78. The first-order valence-electron chi connectivity index (χ1n) is 20.0. The maximum atomic E-state index is 11.8. The molecule has 6 saturated heterocycles. The number of aliphatic hydroxyl groups is 2. The Morgan fingerprint density at radius 1 is 0.863 bits per heavy atom. The van der Waals surface area contributed by atoms with Gasteiger partial charge in [-0.15, -0.1) is 0 Å². The summed E-state index contributed by atoms with van der Waals surface area (Å²) in [4.78, 5) is 11.8. The summed E-state index contributed by atoms with van der Waals surface area (Å²) in [5, 5.41) is 30.7. The van der Waals surface area contributed by atoms with Crippen molar-refractivity contribution in [2.24, 2.45) is 41.4 Å². The summed E-state index contributed by atoms with van der Waals surface area (Å²) in [5.41, 5.74) is -1.10. The van der Waals surface area contributed by atoms with Crippen LogP contribution < -0.4 is 0 Å². The van der Waals surface area contributed by atoms with Gasteiger partial charge in [-0.2, -0.15) is 0 Å². The van der Waals surface area contributed by atoms with Crippen LogP contribution in [0.25, 0.3) is 0 Å². The van der Waals surface area contributed by atoms with Crippen LogP contribution in [0.2, 0.25) is 0 Å². The van der Waals surface area contributed by atoms with Gasteiger partial charge in [0.2, 0.25) is 0 Å². The molecular formula is C40H68O11. The summed E-state index contributed by atoms with van der Waals surface area (Å²) >= 11 is 0. The van der Waals surface area contributed by atoms with Crippen molar-refractivity contribution in [3.8, 4) is 0 Å². The second kappa shape index (κ2) is 14.6. The van der Waals surface area contributed by atoms with Gasteiger partial charge in [-0.3, -0.25) is 4.79 Å². The van der Waals surface area contributed by atoms with Crippen molar-refractivity contribution < 1.29 is 53.3 Å². The molecule has 0 aromatic heterocycles. The molecule has 1 spiro atoms.